The Kier molecular flexibility index (Phi) is 7.42. The Morgan fingerprint density at radius 2 is 1.26 bits per heavy atom. The molecule has 0 spiro atoms. The number of anilines is 2. The van der Waals surface area contributed by atoms with E-state index in [0.717, 1.165) is 97.1 Å². The smallest absolute Gasteiger partial charge is 0.158 e. The number of hydrogen-bond donors (Lipinski definition) is 2. The van der Waals surface area contributed by atoms with Crippen LogP contribution < -0.4 is 9.80 Å². The summed E-state index contributed by atoms with van der Waals surface area (Å²) in [6.45, 7) is 10.2. The van der Waals surface area contributed by atoms with Gasteiger partial charge in [-0.05, 0) is 69.0 Å². The van der Waals surface area contributed by atoms with Gasteiger partial charge in [-0.25, -0.2) is 0 Å². The first kappa shape index (κ1) is 27.8. The van der Waals surface area contributed by atoms with Gasteiger partial charge in [0.1, 0.15) is 28.8 Å². The number of morpholine rings is 2. The van der Waals surface area contributed by atoms with Gasteiger partial charge in [0.15, 0.2) is 5.60 Å². The summed E-state index contributed by atoms with van der Waals surface area (Å²) in [5.41, 5.74) is 3.75. The van der Waals surface area contributed by atoms with Gasteiger partial charge >= 0.3 is 0 Å². The molecule has 8 heteroatoms. The normalized spacial score (nSPS) is 21.2. The van der Waals surface area contributed by atoms with Crippen LogP contribution in [-0.4, -0.2) is 62.8 Å². The SMILES string of the molecule is Cc1c(C(O)C(O)(c2oc3ccc(N4CCOCC4)cc3c2C)C2CCCCC2)oc2ccc(N3CCOCC3)cc12. The van der Waals surface area contributed by atoms with Crippen LogP contribution in [0.15, 0.2) is 45.2 Å². The molecular weight excluding hydrogens is 532 g/mol. The molecule has 2 aliphatic heterocycles. The Hall–Kier alpha value is -3.04. The lowest BCUT2D eigenvalue weighted by atomic mass is 9.71. The molecule has 2 saturated heterocycles. The summed E-state index contributed by atoms with van der Waals surface area (Å²) in [6, 6.07) is 12.4. The second-order valence-electron chi connectivity index (χ2n) is 12.3. The molecule has 4 heterocycles. The molecule has 0 amide bonds. The second kappa shape index (κ2) is 11.2. The number of rotatable bonds is 6. The number of benzene rings is 2. The van der Waals surface area contributed by atoms with Crippen molar-refractivity contribution >= 4 is 33.3 Å². The zero-order chi connectivity index (χ0) is 28.8. The third-order valence-corrected chi connectivity index (χ3v) is 9.89. The monoisotopic (exact) mass is 574 g/mol. The predicted molar refractivity (Wildman–Crippen MR) is 163 cm³/mol. The Bertz CT molecular complexity index is 1560. The van der Waals surface area contributed by atoms with Gasteiger partial charge in [-0.3, -0.25) is 0 Å². The molecule has 3 aliphatic rings. The fourth-order valence-corrected chi connectivity index (χ4v) is 7.39. The van der Waals surface area contributed by atoms with Gasteiger partial charge in [0.05, 0.1) is 26.4 Å². The highest BCUT2D eigenvalue weighted by Crippen LogP contribution is 2.51. The fraction of sp³-hybridized carbons (Fsp3) is 0.529. The topological polar surface area (TPSA) is 91.7 Å². The van der Waals surface area contributed by atoms with E-state index >= 15 is 0 Å². The third kappa shape index (κ3) is 4.69. The number of aryl methyl sites for hydroxylation is 2. The van der Waals surface area contributed by atoms with Crippen LogP contribution in [0.3, 0.4) is 0 Å². The highest BCUT2D eigenvalue weighted by Gasteiger charge is 2.51. The molecule has 2 unspecified atom stereocenters. The lowest BCUT2D eigenvalue weighted by molar-refractivity contribution is -0.149. The van der Waals surface area contributed by atoms with E-state index in [1.807, 2.05) is 26.0 Å². The zero-order valence-electron chi connectivity index (χ0n) is 24.7. The van der Waals surface area contributed by atoms with Gasteiger partial charge in [0.2, 0.25) is 0 Å². The summed E-state index contributed by atoms with van der Waals surface area (Å²) in [7, 11) is 0. The van der Waals surface area contributed by atoms with E-state index in [2.05, 4.69) is 34.1 Å². The molecule has 3 fully saturated rings. The van der Waals surface area contributed by atoms with E-state index in [9.17, 15) is 10.2 Å². The van der Waals surface area contributed by atoms with Crippen LogP contribution in [0.1, 0.15) is 60.9 Å². The molecule has 2 aromatic carbocycles. The van der Waals surface area contributed by atoms with E-state index in [0.29, 0.717) is 43.5 Å². The lowest BCUT2D eigenvalue weighted by Gasteiger charge is -2.40. The minimum atomic E-state index is -1.63. The molecule has 4 aromatic rings. The van der Waals surface area contributed by atoms with E-state index in [1.54, 1.807) is 0 Å². The van der Waals surface area contributed by atoms with Crippen LogP contribution >= 0.6 is 0 Å². The Morgan fingerprint density at radius 1 is 0.738 bits per heavy atom. The zero-order valence-corrected chi connectivity index (χ0v) is 24.7. The molecule has 2 atom stereocenters. The summed E-state index contributed by atoms with van der Waals surface area (Å²) >= 11 is 0. The van der Waals surface area contributed by atoms with Crippen LogP contribution in [0.2, 0.25) is 0 Å². The average Bonchev–Trinajstić information content (AvgIpc) is 3.57. The Labute approximate surface area is 246 Å². The summed E-state index contributed by atoms with van der Waals surface area (Å²) in [6.07, 6.45) is 3.54. The minimum absolute atomic E-state index is 0.157. The molecule has 224 valence electrons. The number of hydrogen-bond acceptors (Lipinski definition) is 8. The summed E-state index contributed by atoms with van der Waals surface area (Å²) < 4.78 is 23.9. The van der Waals surface area contributed by atoms with Crippen molar-refractivity contribution in [1.29, 1.82) is 0 Å². The summed E-state index contributed by atoms with van der Waals surface area (Å²) in [4.78, 5) is 4.63. The molecule has 42 heavy (non-hydrogen) atoms. The molecule has 0 bridgehead atoms. The predicted octanol–water partition coefficient (Wildman–Crippen LogP) is 5.97. The number of ether oxygens (including phenoxy) is 2. The summed E-state index contributed by atoms with van der Waals surface area (Å²) in [5, 5.41) is 26.9. The van der Waals surface area contributed by atoms with Crippen molar-refractivity contribution in [2.24, 2.45) is 5.92 Å². The maximum absolute atomic E-state index is 12.8. The van der Waals surface area contributed by atoms with Crippen molar-refractivity contribution in [3.05, 3.63) is 59.0 Å². The summed E-state index contributed by atoms with van der Waals surface area (Å²) in [5.74, 6) is 0.701. The number of fused-ring (bicyclic) bond motifs is 2. The molecule has 0 radical (unpaired) electrons. The van der Waals surface area contributed by atoms with E-state index in [-0.39, 0.29) is 5.92 Å². The van der Waals surface area contributed by atoms with Crippen LogP contribution in [0.25, 0.3) is 21.9 Å². The molecule has 8 nitrogen and oxygen atoms in total. The Balaban J connectivity index is 1.30. The standard InChI is InChI=1S/C34H42N2O6/c1-22-27-20-25(35-12-16-39-17-13-35)8-10-29(27)41-31(22)32(37)34(38,24-6-4-3-5-7-24)33-23(2)28-21-26(9-11-30(28)42-33)36-14-18-40-19-15-36/h8-11,20-21,24,32,37-38H,3-7,12-19H2,1-2H3. The first-order valence-corrected chi connectivity index (χ1v) is 15.6. The molecule has 2 aromatic heterocycles. The fourth-order valence-electron chi connectivity index (χ4n) is 7.39. The molecular formula is C34H42N2O6. The van der Waals surface area contributed by atoms with Crippen LogP contribution in [0.5, 0.6) is 0 Å². The first-order chi connectivity index (χ1) is 20.4. The average molecular weight is 575 g/mol. The van der Waals surface area contributed by atoms with Gasteiger partial charge in [-0.1, -0.05) is 19.3 Å². The van der Waals surface area contributed by atoms with E-state index in [1.165, 1.54) is 0 Å². The largest absolute Gasteiger partial charge is 0.458 e. The number of nitrogens with zero attached hydrogens (tertiary/aromatic N) is 2. The maximum Gasteiger partial charge on any atom is 0.158 e. The van der Waals surface area contributed by atoms with E-state index < -0.39 is 11.7 Å². The van der Waals surface area contributed by atoms with Crippen LogP contribution in [0, 0.1) is 19.8 Å². The maximum atomic E-state index is 12.8. The molecule has 1 saturated carbocycles. The van der Waals surface area contributed by atoms with Crippen molar-refractivity contribution in [1.82, 2.24) is 0 Å². The molecule has 2 N–H and O–H groups in total. The van der Waals surface area contributed by atoms with Crippen molar-refractivity contribution in [2.45, 2.75) is 57.7 Å². The molecule has 1 aliphatic carbocycles. The van der Waals surface area contributed by atoms with Crippen LogP contribution in [0.4, 0.5) is 11.4 Å². The van der Waals surface area contributed by atoms with Crippen molar-refractivity contribution < 1.29 is 28.5 Å². The highest BCUT2D eigenvalue weighted by atomic mass is 16.5. The number of aliphatic hydroxyl groups is 2. The Morgan fingerprint density at radius 3 is 1.83 bits per heavy atom. The molecule has 7 rings (SSSR count). The van der Waals surface area contributed by atoms with Gasteiger partial charge in [-0.2, -0.15) is 0 Å². The number of furan rings is 2. The highest BCUT2D eigenvalue weighted by molar-refractivity contribution is 5.87. The first-order valence-electron chi connectivity index (χ1n) is 15.6. The second-order valence-corrected chi connectivity index (χ2v) is 12.3. The lowest BCUT2D eigenvalue weighted by Crippen LogP contribution is -2.42. The van der Waals surface area contributed by atoms with Gasteiger partial charge < -0.3 is 38.3 Å². The van der Waals surface area contributed by atoms with Gasteiger partial charge in [-0.15, -0.1) is 0 Å². The van der Waals surface area contributed by atoms with E-state index in [4.69, 9.17) is 18.3 Å². The van der Waals surface area contributed by atoms with Crippen molar-refractivity contribution in [2.75, 3.05) is 62.4 Å². The van der Waals surface area contributed by atoms with Crippen LogP contribution in [-0.2, 0) is 15.1 Å². The van der Waals surface area contributed by atoms with Crippen molar-refractivity contribution in [3.8, 4) is 0 Å². The quantitative estimate of drug-likeness (QED) is 0.291. The number of aliphatic hydroxyl groups excluding tert-OH is 1. The minimum Gasteiger partial charge on any atom is -0.458 e. The third-order valence-electron chi connectivity index (χ3n) is 9.89. The van der Waals surface area contributed by atoms with Crippen molar-refractivity contribution in [3.63, 3.8) is 0 Å². The van der Waals surface area contributed by atoms with Gasteiger partial charge in [0.25, 0.3) is 0 Å². The van der Waals surface area contributed by atoms with Gasteiger partial charge in [0, 0.05) is 59.5 Å².